The molecule has 1 saturated heterocycles. The Balaban J connectivity index is 1.83. The SMILES string of the molecule is O=C(NCc1cccc(Br)c1)[C@H]1CCCCN1. The number of amides is 1. The van der Waals surface area contributed by atoms with Gasteiger partial charge in [0.25, 0.3) is 0 Å². The Kier molecular flexibility index (Phi) is 4.57. The van der Waals surface area contributed by atoms with Crippen molar-refractivity contribution in [3.63, 3.8) is 0 Å². The molecule has 1 aromatic carbocycles. The topological polar surface area (TPSA) is 41.1 Å². The summed E-state index contributed by atoms with van der Waals surface area (Å²) in [5.41, 5.74) is 1.11. The number of piperidine rings is 1. The van der Waals surface area contributed by atoms with E-state index >= 15 is 0 Å². The number of nitrogens with one attached hydrogen (secondary N) is 2. The lowest BCUT2D eigenvalue weighted by atomic mass is 10.0. The Morgan fingerprint density at radius 3 is 3.06 bits per heavy atom. The fourth-order valence-corrected chi connectivity index (χ4v) is 2.48. The van der Waals surface area contributed by atoms with Crippen molar-refractivity contribution < 1.29 is 4.79 Å². The molecule has 1 amide bonds. The van der Waals surface area contributed by atoms with Crippen LogP contribution in [0.5, 0.6) is 0 Å². The quantitative estimate of drug-likeness (QED) is 0.898. The van der Waals surface area contributed by atoms with Gasteiger partial charge >= 0.3 is 0 Å². The summed E-state index contributed by atoms with van der Waals surface area (Å²) >= 11 is 3.42. The standard InChI is InChI=1S/C13H17BrN2O/c14-11-5-3-4-10(8-11)9-16-13(17)12-6-1-2-7-15-12/h3-5,8,12,15H,1-2,6-7,9H2,(H,16,17)/t12-/m1/s1. The van der Waals surface area contributed by atoms with Crippen LogP contribution in [0.1, 0.15) is 24.8 Å². The van der Waals surface area contributed by atoms with E-state index in [-0.39, 0.29) is 11.9 Å². The molecule has 0 unspecified atom stereocenters. The van der Waals surface area contributed by atoms with Crippen molar-refractivity contribution in [3.8, 4) is 0 Å². The fraction of sp³-hybridized carbons (Fsp3) is 0.462. The number of carbonyl (C=O) groups is 1. The van der Waals surface area contributed by atoms with Gasteiger partial charge in [0.05, 0.1) is 6.04 Å². The number of carbonyl (C=O) groups excluding carboxylic acids is 1. The molecule has 2 N–H and O–H groups in total. The number of hydrogen-bond acceptors (Lipinski definition) is 2. The summed E-state index contributed by atoms with van der Waals surface area (Å²) in [5, 5.41) is 6.22. The molecule has 0 saturated carbocycles. The van der Waals surface area contributed by atoms with Crippen molar-refractivity contribution in [1.82, 2.24) is 10.6 Å². The van der Waals surface area contributed by atoms with Crippen molar-refractivity contribution in [2.24, 2.45) is 0 Å². The van der Waals surface area contributed by atoms with Crippen molar-refractivity contribution in [1.29, 1.82) is 0 Å². The molecular formula is C13H17BrN2O. The molecule has 0 aromatic heterocycles. The van der Waals surface area contributed by atoms with Gasteiger partial charge in [-0.3, -0.25) is 4.79 Å². The van der Waals surface area contributed by atoms with E-state index < -0.39 is 0 Å². The van der Waals surface area contributed by atoms with Gasteiger partial charge in [0, 0.05) is 11.0 Å². The first kappa shape index (κ1) is 12.6. The Morgan fingerprint density at radius 2 is 2.35 bits per heavy atom. The Bertz CT molecular complexity index is 389. The smallest absolute Gasteiger partial charge is 0.237 e. The van der Waals surface area contributed by atoms with Crippen molar-refractivity contribution in [2.45, 2.75) is 31.8 Å². The molecular weight excluding hydrogens is 280 g/mol. The van der Waals surface area contributed by atoms with Crippen molar-refractivity contribution >= 4 is 21.8 Å². The number of hydrogen-bond donors (Lipinski definition) is 2. The van der Waals surface area contributed by atoms with Gasteiger partial charge < -0.3 is 10.6 Å². The third kappa shape index (κ3) is 3.82. The molecule has 1 heterocycles. The first-order chi connectivity index (χ1) is 8.25. The van der Waals surface area contributed by atoms with E-state index in [0.29, 0.717) is 6.54 Å². The van der Waals surface area contributed by atoms with Crippen LogP contribution in [0.3, 0.4) is 0 Å². The first-order valence-electron chi connectivity index (χ1n) is 6.01. The highest BCUT2D eigenvalue weighted by atomic mass is 79.9. The fourth-order valence-electron chi connectivity index (χ4n) is 2.03. The van der Waals surface area contributed by atoms with Crippen molar-refractivity contribution in [2.75, 3.05) is 6.54 Å². The summed E-state index contributed by atoms with van der Waals surface area (Å²) in [4.78, 5) is 11.9. The van der Waals surface area contributed by atoms with Crippen LogP contribution in [0, 0.1) is 0 Å². The lowest BCUT2D eigenvalue weighted by Gasteiger charge is -2.22. The van der Waals surface area contributed by atoms with Gasteiger partial charge in [-0.25, -0.2) is 0 Å². The molecule has 1 atom stereocenters. The lowest BCUT2D eigenvalue weighted by molar-refractivity contribution is -0.123. The van der Waals surface area contributed by atoms with E-state index in [1.165, 1.54) is 6.42 Å². The first-order valence-corrected chi connectivity index (χ1v) is 6.80. The molecule has 0 radical (unpaired) electrons. The second-order valence-electron chi connectivity index (χ2n) is 4.35. The minimum absolute atomic E-state index is 0.00379. The van der Waals surface area contributed by atoms with Crippen LogP contribution in [0.2, 0.25) is 0 Å². The zero-order valence-corrected chi connectivity index (χ0v) is 11.3. The maximum absolute atomic E-state index is 11.9. The van der Waals surface area contributed by atoms with Gasteiger partial charge in [0.1, 0.15) is 0 Å². The average molecular weight is 297 g/mol. The molecule has 0 aliphatic carbocycles. The summed E-state index contributed by atoms with van der Waals surface area (Å²) in [7, 11) is 0. The largest absolute Gasteiger partial charge is 0.351 e. The van der Waals surface area contributed by atoms with E-state index in [1.54, 1.807) is 0 Å². The van der Waals surface area contributed by atoms with Crippen LogP contribution in [-0.2, 0) is 11.3 Å². The Labute approximate surface area is 110 Å². The molecule has 1 aliphatic heterocycles. The minimum Gasteiger partial charge on any atom is -0.351 e. The summed E-state index contributed by atoms with van der Waals surface area (Å²) in [6, 6.07) is 7.99. The van der Waals surface area contributed by atoms with Gasteiger partial charge in [0.15, 0.2) is 0 Å². The van der Waals surface area contributed by atoms with Crippen LogP contribution in [-0.4, -0.2) is 18.5 Å². The van der Waals surface area contributed by atoms with Gasteiger partial charge in [0.2, 0.25) is 5.91 Å². The predicted octanol–water partition coefficient (Wildman–Crippen LogP) is 2.21. The van der Waals surface area contributed by atoms with Crippen LogP contribution >= 0.6 is 15.9 Å². The maximum atomic E-state index is 11.9. The van der Waals surface area contributed by atoms with Crippen LogP contribution < -0.4 is 10.6 Å². The molecule has 0 bridgehead atoms. The zero-order valence-electron chi connectivity index (χ0n) is 9.71. The second-order valence-corrected chi connectivity index (χ2v) is 5.27. The third-order valence-electron chi connectivity index (χ3n) is 2.98. The molecule has 92 valence electrons. The molecule has 2 rings (SSSR count). The van der Waals surface area contributed by atoms with Crippen LogP contribution in [0.15, 0.2) is 28.7 Å². The summed E-state index contributed by atoms with van der Waals surface area (Å²) < 4.78 is 1.04. The van der Waals surface area contributed by atoms with Crippen molar-refractivity contribution in [3.05, 3.63) is 34.3 Å². The molecule has 1 aliphatic rings. The number of benzene rings is 1. The summed E-state index contributed by atoms with van der Waals surface area (Å²) in [5.74, 6) is 0.115. The van der Waals surface area contributed by atoms with Gasteiger partial charge in [-0.1, -0.05) is 34.5 Å². The van der Waals surface area contributed by atoms with E-state index in [1.807, 2.05) is 24.3 Å². The maximum Gasteiger partial charge on any atom is 0.237 e. The second kappa shape index (κ2) is 6.17. The predicted molar refractivity (Wildman–Crippen MR) is 71.6 cm³/mol. The van der Waals surface area contributed by atoms with Gasteiger partial charge in [-0.15, -0.1) is 0 Å². The number of rotatable bonds is 3. The average Bonchev–Trinajstić information content (AvgIpc) is 2.37. The Morgan fingerprint density at radius 1 is 1.47 bits per heavy atom. The van der Waals surface area contributed by atoms with Gasteiger partial charge in [-0.2, -0.15) is 0 Å². The zero-order chi connectivity index (χ0) is 12.1. The summed E-state index contributed by atoms with van der Waals surface area (Å²) in [6.07, 6.45) is 3.27. The van der Waals surface area contributed by atoms with Gasteiger partial charge in [-0.05, 0) is 37.1 Å². The normalized spacial score (nSPS) is 19.9. The molecule has 17 heavy (non-hydrogen) atoms. The Hall–Kier alpha value is -0.870. The highest BCUT2D eigenvalue weighted by molar-refractivity contribution is 9.10. The molecule has 0 spiro atoms. The van der Waals surface area contributed by atoms with E-state index in [2.05, 4.69) is 26.6 Å². The molecule has 3 nitrogen and oxygen atoms in total. The molecule has 1 fully saturated rings. The van der Waals surface area contributed by atoms with E-state index in [4.69, 9.17) is 0 Å². The van der Waals surface area contributed by atoms with Crippen LogP contribution in [0.4, 0.5) is 0 Å². The third-order valence-corrected chi connectivity index (χ3v) is 3.48. The van der Waals surface area contributed by atoms with Crippen LogP contribution in [0.25, 0.3) is 0 Å². The molecule has 4 heteroatoms. The molecule has 1 aromatic rings. The monoisotopic (exact) mass is 296 g/mol. The highest BCUT2D eigenvalue weighted by Gasteiger charge is 2.19. The van der Waals surface area contributed by atoms with E-state index in [9.17, 15) is 4.79 Å². The number of halogens is 1. The summed E-state index contributed by atoms with van der Waals surface area (Å²) in [6.45, 7) is 1.55. The minimum atomic E-state index is -0.00379. The highest BCUT2D eigenvalue weighted by Crippen LogP contribution is 2.12. The van der Waals surface area contributed by atoms with E-state index in [0.717, 1.165) is 29.4 Å². The lowest BCUT2D eigenvalue weighted by Crippen LogP contribution is -2.46.